The molecule has 0 bridgehead atoms. The van der Waals surface area contributed by atoms with Gasteiger partial charge in [-0.15, -0.1) is 0 Å². The van der Waals surface area contributed by atoms with Crippen LogP contribution in [0.15, 0.2) is 65.8 Å². The zero-order chi connectivity index (χ0) is 17.9. The van der Waals surface area contributed by atoms with Crippen molar-refractivity contribution in [2.45, 2.75) is 6.54 Å². The number of carbonyl (C=O) groups excluding carboxylic acids is 1. The zero-order valence-electron chi connectivity index (χ0n) is 13.7. The van der Waals surface area contributed by atoms with Crippen molar-refractivity contribution in [1.29, 1.82) is 0 Å². The van der Waals surface area contributed by atoms with E-state index in [4.69, 9.17) is 10.2 Å². The van der Waals surface area contributed by atoms with Gasteiger partial charge < -0.3 is 15.5 Å². The number of carbonyl (C=O) groups is 1. The first-order chi connectivity index (χ1) is 12.7. The number of hydrogen-bond donors (Lipinski definition) is 2. The van der Waals surface area contributed by atoms with Gasteiger partial charge in [0.05, 0.1) is 11.8 Å². The molecule has 128 valence electrons. The van der Waals surface area contributed by atoms with Crippen LogP contribution < -0.4 is 11.1 Å². The van der Waals surface area contributed by atoms with Crippen molar-refractivity contribution in [2.24, 2.45) is 0 Å². The highest BCUT2D eigenvalue weighted by Crippen LogP contribution is 2.29. The lowest BCUT2D eigenvalue weighted by atomic mass is 10.0. The molecule has 0 aliphatic heterocycles. The molecule has 0 atom stereocenters. The molecule has 0 spiro atoms. The van der Waals surface area contributed by atoms with Crippen LogP contribution in [0.4, 0.5) is 5.82 Å². The Hall–Kier alpha value is -3.74. The number of nitrogens with one attached hydrogen (secondary N) is 1. The summed E-state index contributed by atoms with van der Waals surface area (Å²) in [5.74, 6) is 0.843. The number of aromatic nitrogens is 3. The zero-order valence-corrected chi connectivity index (χ0v) is 13.7. The lowest BCUT2D eigenvalue weighted by Crippen LogP contribution is -2.23. The average Bonchev–Trinajstić information content (AvgIpc) is 3.20. The molecule has 0 fully saturated rings. The molecule has 1 amide bonds. The highest BCUT2D eigenvalue weighted by molar-refractivity contribution is 5.96. The fourth-order valence-corrected chi connectivity index (χ4v) is 2.74. The van der Waals surface area contributed by atoms with E-state index in [-0.39, 0.29) is 5.91 Å². The lowest BCUT2D eigenvalue weighted by Gasteiger charge is -2.09. The van der Waals surface area contributed by atoms with Crippen LogP contribution in [0, 0.1) is 0 Å². The minimum Gasteiger partial charge on any atom is -0.463 e. The molecule has 0 unspecified atom stereocenters. The molecule has 0 saturated heterocycles. The molecular formula is C19H15N5O2. The Morgan fingerprint density at radius 1 is 1.15 bits per heavy atom. The average molecular weight is 345 g/mol. The van der Waals surface area contributed by atoms with Crippen LogP contribution in [0.3, 0.4) is 0 Å². The van der Waals surface area contributed by atoms with Gasteiger partial charge in [-0.1, -0.05) is 12.1 Å². The van der Waals surface area contributed by atoms with E-state index in [1.165, 1.54) is 18.7 Å². The van der Waals surface area contributed by atoms with E-state index >= 15 is 0 Å². The van der Waals surface area contributed by atoms with Crippen molar-refractivity contribution in [2.75, 3.05) is 5.73 Å². The summed E-state index contributed by atoms with van der Waals surface area (Å²) in [6.45, 7) is 0.377. The van der Waals surface area contributed by atoms with Crippen LogP contribution in [-0.2, 0) is 6.54 Å². The molecule has 3 aromatic heterocycles. The van der Waals surface area contributed by atoms with Gasteiger partial charge in [0.15, 0.2) is 5.76 Å². The van der Waals surface area contributed by atoms with Gasteiger partial charge in [0.2, 0.25) is 0 Å². The van der Waals surface area contributed by atoms with Gasteiger partial charge in [-0.3, -0.25) is 4.79 Å². The third-order valence-electron chi connectivity index (χ3n) is 3.95. The quantitative estimate of drug-likeness (QED) is 0.589. The predicted octanol–water partition coefficient (Wildman–Crippen LogP) is 2.80. The van der Waals surface area contributed by atoms with Crippen LogP contribution >= 0.6 is 0 Å². The van der Waals surface area contributed by atoms with Gasteiger partial charge in [0.25, 0.3) is 5.91 Å². The minimum atomic E-state index is -0.226. The first kappa shape index (κ1) is 15.8. The third-order valence-corrected chi connectivity index (χ3v) is 3.95. The second-order valence-electron chi connectivity index (χ2n) is 5.74. The van der Waals surface area contributed by atoms with Crippen molar-refractivity contribution in [1.82, 2.24) is 20.3 Å². The number of nitrogens with zero attached hydrogens (tertiary/aromatic N) is 3. The maximum Gasteiger partial charge on any atom is 0.254 e. The van der Waals surface area contributed by atoms with E-state index < -0.39 is 0 Å². The second kappa shape index (κ2) is 6.64. The molecule has 4 aromatic rings. The molecule has 7 nitrogen and oxygen atoms in total. The number of rotatable bonds is 4. The lowest BCUT2D eigenvalue weighted by molar-refractivity contribution is 0.0950. The first-order valence-corrected chi connectivity index (χ1v) is 7.97. The summed E-state index contributed by atoms with van der Waals surface area (Å²) in [5.41, 5.74) is 8.00. The van der Waals surface area contributed by atoms with Crippen LogP contribution in [0.25, 0.3) is 22.2 Å². The third kappa shape index (κ3) is 3.10. The van der Waals surface area contributed by atoms with Gasteiger partial charge in [0.1, 0.15) is 17.8 Å². The molecular weight excluding hydrogens is 330 g/mol. The van der Waals surface area contributed by atoms with Crippen molar-refractivity contribution in [3.05, 3.63) is 72.5 Å². The Morgan fingerprint density at radius 3 is 2.77 bits per heavy atom. The normalized spacial score (nSPS) is 10.8. The van der Waals surface area contributed by atoms with E-state index in [2.05, 4.69) is 20.3 Å². The molecule has 0 aliphatic rings. The van der Waals surface area contributed by atoms with Crippen LogP contribution in [0.2, 0.25) is 0 Å². The molecule has 1 aromatic carbocycles. The Morgan fingerprint density at radius 2 is 2.00 bits per heavy atom. The number of pyridine rings is 1. The summed E-state index contributed by atoms with van der Waals surface area (Å²) in [5, 5.41) is 4.71. The molecule has 0 aliphatic carbocycles. The van der Waals surface area contributed by atoms with Crippen LogP contribution in [-0.4, -0.2) is 20.9 Å². The summed E-state index contributed by atoms with van der Waals surface area (Å²) < 4.78 is 5.45. The van der Waals surface area contributed by atoms with Crippen molar-refractivity contribution < 1.29 is 9.21 Å². The number of furan rings is 1. The van der Waals surface area contributed by atoms with E-state index in [1.54, 1.807) is 12.3 Å². The van der Waals surface area contributed by atoms with Gasteiger partial charge in [0, 0.05) is 24.3 Å². The molecule has 0 radical (unpaired) electrons. The smallest absolute Gasteiger partial charge is 0.254 e. The number of amides is 1. The van der Waals surface area contributed by atoms with E-state index in [1.807, 2.05) is 30.3 Å². The van der Waals surface area contributed by atoms with E-state index in [0.717, 1.165) is 16.3 Å². The highest BCUT2D eigenvalue weighted by atomic mass is 16.3. The summed E-state index contributed by atoms with van der Waals surface area (Å²) in [6, 6.07) is 11.3. The van der Waals surface area contributed by atoms with E-state index in [0.29, 0.717) is 29.4 Å². The second-order valence-corrected chi connectivity index (χ2v) is 5.74. The maximum absolute atomic E-state index is 12.1. The topological polar surface area (TPSA) is 107 Å². The summed E-state index contributed by atoms with van der Waals surface area (Å²) in [6.07, 6.45) is 5.94. The minimum absolute atomic E-state index is 0.226. The fraction of sp³-hybridized carbons (Fsp3) is 0.0526. The number of hydrogen-bond acceptors (Lipinski definition) is 6. The molecule has 26 heavy (non-hydrogen) atoms. The number of nitrogen functional groups attached to an aromatic ring is 1. The largest absolute Gasteiger partial charge is 0.463 e. The van der Waals surface area contributed by atoms with Crippen molar-refractivity contribution >= 4 is 22.5 Å². The van der Waals surface area contributed by atoms with Crippen LogP contribution in [0.1, 0.15) is 15.9 Å². The van der Waals surface area contributed by atoms with E-state index in [9.17, 15) is 4.79 Å². The van der Waals surface area contributed by atoms with Crippen LogP contribution in [0.5, 0.6) is 0 Å². The first-order valence-electron chi connectivity index (χ1n) is 7.97. The monoisotopic (exact) mass is 345 g/mol. The molecule has 7 heteroatoms. The number of anilines is 1. The Labute approximate surface area is 148 Å². The van der Waals surface area contributed by atoms with Gasteiger partial charge in [-0.05, 0) is 35.2 Å². The highest BCUT2D eigenvalue weighted by Gasteiger charge is 2.11. The Kier molecular flexibility index (Phi) is 4.03. The number of benzene rings is 1. The van der Waals surface area contributed by atoms with Crippen molar-refractivity contribution in [3.63, 3.8) is 0 Å². The standard InChI is InChI=1S/C19H15N5O2/c20-17-7-13-6-12(8-23-19(25)14-9-21-11-22-10-14)3-4-15(13)18(24-17)16-2-1-5-26-16/h1-7,9-11H,8H2,(H2,20,24)(H,23,25). The fourth-order valence-electron chi connectivity index (χ4n) is 2.74. The molecule has 4 rings (SSSR count). The van der Waals surface area contributed by atoms with Gasteiger partial charge >= 0.3 is 0 Å². The Bertz CT molecular complexity index is 1060. The summed E-state index contributed by atoms with van der Waals surface area (Å²) in [4.78, 5) is 24.2. The van der Waals surface area contributed by atoms with Crippen molar-refractivity contribution in [3.8, 4) is 11.5 Å². The SMILES string of the molecule is Nc1cc2cc(CNC(=O)c3cncnc3)ccc2c(-c2ccco2)n1. The van der Waals surface area contributed by atoms with Gasteiger partial charge in [-0.2, -0.15) is 0 Å². The molecule has 3 N–H and O–H groups in total. The predicted molar refractivity (Wildman–Crippen MR) is 97.1 cm³/mol. The molecule has 3 heterocycles. The maximum atomic E-state index is 12.1. The number of nitrogens with two attached hydrogens (primary N) is 1. The van der Waals surface area contributed by atoms with Gasteiger partial charge in [-0.25, -0.2) is 15.0 Å². The summed E-state index contributed by atoms with van der Waals surface area (Å²) >= 11 is 0. The molecule has 0 saturated carbocycles. The Balaban J connectivity index is 1.61. The number of fused-ring (bicyclic) bond motifs is 1. The summed E-state index contributed by atoms with van der Waals surface area (Å²) in [7, 11) is 0.